The van der Waals surface area contributed by atoms with Crippen molar-refractivity contribution in [2.45, 2.75) is 31.1 Å². The molecule has 2 aromatic rings. The summed E-state index contributed by atoms with van der Waals surface area (Å²) in [7, 11) is 0. The first-order valence-corrected chi connectivity index (χ1v) is 10.1. The van der Waals surface area contributed by atoms with Crippen molar-refractivity contribution < 1.29 is 9.59 Å². The molecule has 2 amide bonds. The van der Waals surface area contributed by atoms with Crippen molar-refractivity contribution >= 4 is 30.3 Å². The first kappa shape index (κ1) is 20.2. The number of pyridine rings is 1. The first-order valence-electron chi connectivity index (χ1n) is 9.63. The molecular formula is C21H26N4O2S. The number of carbonyl (C=O) groups is 2. The molecule has 1 aliphatic rings. The highest BCUT2D eigenvalue weighted by molar-refractivity contribution is 7.80. The lowest BCUT2D eigenvalue weighted by Crippen LogP contribution is -2.49. The van der Waals surface area contributed by atoms with E-state index in [9.17, 15) is 9.59 Å². The lowest BCUT2D eigenvalue weighted by atomic mass is 10.1. The maximum Gasteiger partial charge on any atom is 0.255 e. The van der Waals surface area contributed by atoms with Gasteiger partial charge in [-0.2, -0.15) is 0 Å². The molecule has 1 aliphatic heterocycles. The molecule has 0 aliphatic carbocycles. The Morgan fingerprint density at radius 2 is 1.79 bits per heavy atom. The number of thiol groups is 1. The van der Waals surface area contributed by atoms with Crippen LogP contribution in [-0.4, -0.2) is 47.9 Å². The Morgan fingerprint density at radius 3 is 2.43 bits per heavy atom. The van der Waals surface area contributed by atoms with Gasteiger partial charge in [-0.1, -0.05) is 25.5 Å². The summed E-state index contributed by atoms with van der Waals surface area (Å²) in [6, 6.07) is 11.0. The van der Waals surface area contributed by atoms with Crippen molar-refractivity contribution in [1.82, 2.24) is 9.88 Å². The Morgan fingerprint density at radius 1 is 1.07 bits per heavy atom. The number of benzene rings is 1. The maximum absolute atomic E-state index is 12.7. The number of nitrogens with two attached hydrogens (primary N) is 1. The Balaban J connectivity index is 1.70. The number of hydrogen-bond acceptors (Lipinski definition) is 5. The molecular weight excluding hydrogens is 372 g/mol. The molecule has 1 aromatic heterocycles. The monoisotopic (exact) mass is 398 g/mol. The molecule has 0 bridgehead atoms. The third-order valence-corrected chi connectivity index (χ3v) is 5.41. The van der Waals surface area contributed by atoms with Gasteiger partial charge in [0.05, 0.1) is 16.8 Å². The second-order valence-corrected chi connectivity index (χ2v) is 7.41. The summed E-state index contributed by atoms with van der Waals surface area (Å²) in [5, 5.41) is 0. The van der Waals surface area contributed by atoms with Crippen LogP contribution in [0.3, 0.4) is 0 Å². The molecule has 1 fully saturated rings. The lowest BCUT2D eigenvalue weighted by molar-refractivity contribution is 0.0743. The van der Waals surface area contributed by atoms with Crippen LogP contribution in [0.4, 0.5) is 5.82 Å². The summed E-state index contributed by atoms with van der Waals surface area (Å²) >= 11 is 4.39. The smallest absolute Gasteiger partial charge is 0.255 e. The molecule has 28 heavy (non-hydrogen) atoms. The van der Waals surface area contributed by atoms with Crippen LogP contribution >= 0.6 is 12.6 Å². The second-order valence-electron chi connectivity index (χ2n) is 6.93. The molecule has 0 radical (unpaired) electrons. The topological polar surface area (TPSA) is 79.5 Å². The number of piperazine rings is 1. The Hall–Kier alpha value is -2.54. The van der Waals surface area contributed by atoms with Gasteiger partial charge < -0.3 is 15.5 Å². The van der Waals surface area contributed by atoms with Gasteiger partial charge in [-0.05, 0) is 37.1 Å². The third kappa shape index (κ3) is 4.47. The van der Waals surface area contributed by atoms with Crippen LogP contribution in [-0.2, 0) is 6.42 Å². The van der Waals surface area contributed by atoms with Crippen molar-refractivity contribution in [2.24, 2.45) is 5.73 Å². The van der Waals surface area contributed by atoms with E-state index < -0.39 is 5.91 Å². The molecule has 6 nitrogen and oxygen atoms in total. The van der Waals surface area contributed by atoms with E-state index in [0.29, 0.717) is 42.2 Å². The SMILES string of the molecule is CCCCc1nc(N2CCN(C(=O)c3ccccc3S)CC2)ccc1C(N)=O. The predicted molar refractivity (Wildman–Crippen MR) is 113 cm³/mol. The van der Waals surface area contributed by atoms with Crippen molar-refractivity contribution in [1.29, 1.82) is 0 Å². The summed E-state index contributed by atoms with van der Waals surface area (Å²) in [6.45, 7) is 4.72. The lowest BCUT2D eigenvalue weighted by Gasteiger charge is -2.35. The standard InChI is InChI=1S/C21H26N4O2S/c1-2-3-7-17-15(20(22)26)9-10-19(23-17)24-11-13-25(14-12-24)21(27)16-6-4-5-8-18(16)28/h4-6,8-10,28H,2-3,7,11-14H2,1H3,(H2,22,26). The number of rotatable bonds is 6. The number of unbranched alkanes of at least 4 members (excludes halogenated alkanes) is 1. The summed E-state index contributed by atoms with van der Waals surface area (Å²) in [5.74, 6) is 0.398. The molecule has 7 heteroatoms. The normalized spacial score (nSPS) is 14.2. The van der Waals surface area contributed by atoms with Gasteiger partial charge in [-0.25, -0.2) is 4.98 Å². The molecule has 0 unspecified atom stereocenters. The molecule has 148 valence electrons. The van der Waals surface area contributed by atoms with Gasteiger partial charge in [0.2, 0.25) is 0 Å². The molecule has 2 heterocycles. The van der Waals surface area contributed by atoms with Crippen LogP contribution in [0.1, 0.15) is 46.2 Å². The number of nitrogens with zero attached hydrogens (tertiary/aromatic N) is 3. The fourth-order valence-corrected chi connectivity index (χ4v) is 3.64. The van der Waals surface area contributed by atoms with Crippen LogP contribution in [0.25, 0.3) is 0 Å². The van der Waals surface area contributed by atoms with Gasteiger partial charge >= 0.3 is 0 Å². The van der Waals surface area contributed by atoms with Crippen LogP contribution < -0.4 is 10.6 Å². The van der Waals surface area contributed by atoms with E-state index in [4.69, 9.17) is 10.7 Å². The summed E-state index contributed by atoms with van der Waals surface area (Å²) in [6.07, 6.45) is 2.72. The largest absolute Gasteiger partial charge is 0.366 e. The van der Waals surface area contributed by atoms with Crippen molar-refractivity contribution in [3.05, 3.63) is 53.2 Å². The van der Waals surface area contributed by atoms with E-state index in [1.165, 1.54) is 0 Å². The number of carbonyl (C=O) groups excluding carboxylic acids is 2. The van der Waals surface area contributed by atoms with Crippen LogP contribution in [0.2, 0.25) is 0 Å². The molecule has 1 saturated heterocycles. The zero-order chi connectivity index (χ0) is 20.1. The maximum atomic E-state index is 12.7. The van der Waals surface area contributed by atoms with Gasteiger partial charge in [-0.3, -0.25) is 9.59 Å². The number of hydrogen-bond donors (Lipinski definition) is 2. The minimum absolute atomic E-state index is 0.00548. The number of aryl methyl sites for hydroxylation is 1. The van der Waals surface area contributed by atoms with E-state index in [2.05, 4.69) is 24.5 Å². The molecule has 0 spiro atoms. The fourth-order valence-electron chi connectivity index (χ4n) is 3.39. The minimum Gasteiger partial charge on any atom is -0.366 e. The van der Waals surface area contributed by atoms with Crippen molar-refractivity contribution in [3.8, 4) is 0 Å². The van der Waals surface area contributed by atoms with Gasteiger partial charge in [-0.15, -0.1) is 12.6 Å². The van der Waals surface area contributed by atoms with Crippen molar-refractivity contribution in [3.63, 3.8) is 0 Å². The zero-order valence-electron chi connectivity index (χ0n) is 16.1. The van der Waals surface area contributed by atoms with E-state index in [1.54, 1.807) is 12.1 Å². The fraction of sp³-hybridized carbons (Fsp3) is 0.381. The summed E-state index contributed by atoms with van der Waals surface area (Å²) in [5.41, 5.74) is 7.38. The molecule has 0 atom stereocenters. The van der Waals surface area contributed by atoms with Crippen LogP contribution in [0.15, 0.2) is 41.3 Å². The highest BCUT2D eigenvalue weighted by Gasteiger charge is 2.24. The average Bonchev–Trinajstić information content (AvgIpc) is 2.72. The molecule has 1 aromatic carbocycles. The molecule has 0 saturated carbocycles. The molecule has 3 rings (SSSR count). The van der Waals surface area contributed by atoms with E-state index >= 15 is 0 Å². The average molecular weight is 399 g/mol. The van der Waals surface area contributed by atoms with E-state index in [0.717, 1.165) is 30.8 Å². The number of anilines is 1. The van der Waals surface area contributed by atoms with Gasteiger partial charge in [0.1, 0.15) is 5.82 Å². The Labute approximate surface area is 171 Å². The number of aromatic nitrogens is 1. The van der Waals surface area contributed by atoms with E-state index in [1.807, 2.05) is 29.2 Å². The van der Waals surface area contributed by atoms with E-state index in [-0.39, 0.29) is 5.91 Å². The second kappa shape index (κ2) is 9.10. The third-order valence-electron chi connectivity index (χ3n) is 5.02. The zero-order valence-corrected chi connectivity index (χ0v) is 17.0. The summed E-state index contributed by atoms with van der Waals surface area (Å²) in [4.78, 5) is 33.8. The molecule has 2 N–H and O–H groups in total. The van der Waals surface area contributed by atoms with Crippen molar-refractivity contribution in [2.75, 3.05) is 31.1 Å². The predicted octanol–water partition coefficient (Wildman–Crippen LogP) is 2.77. The van der Waals surface area contributed by atoms with Gasteiger partial charge in [0.15, 0.2) is 0 Å². The number of amides is 2. The van der Waals surface area contributed by atoms with Crippen LogP contribution in [0, 0.1) is 0 Å². The number of primary amides is 1. The van der Waals surface area contributed by atoms with Gasteiger partial charge in [0, 0.05) is 31.1 Å². The minimum atomic E-state index is -0.439. The Bertz CT molecular complexity index is 863. The first-order chi connectivity index (χ1) is 13.5. The van der Waals surface area contributed by atoms with Crippen LogP contribution in [0.5, 0.6) is 0 Å². The highest BCUT2D eigenvalue weighted by atomic mass is 32.1. The quantitative estimate of drug-likeness (QED) is 0.734. The van der Waals surface area contributed by atoms with Gasteiger partial charge in [0.25, 0.3) is 11.8 Å². The summed E-state index contributed by atoms with van der Waals surface area (Å²) < 4.78 is 0. The highest BCUT2D eigenvalue weighted by Crippen LogP contribution is 2.21. The Kier molecular flexibility index (Phi) is 6.57.